The van der Waals surface area contributed by atoms with E-state index in [2.05, 4.69) is 13.8 Å². The van der Waals surface area contributed by atoms with Gasteiger partial charge in [0.15, 0.2) is 0 Å². The van der Waals surface area contributed by atoms with Gasteiger partial charge < -0.3 is 19.9 Å². The van der Waals surface area contributed by atoms with Crippen molar-refractivity contribution in [1.29, 1.82) is 0 Å². The van der Waals surface area contributed by atoms with Gasteiger partial charge in [0.2, 0.25) is 0 Å². The zero-order valence-electron chi connectivity index (χ0n) is 12.3. The molecule has 0 aliphatic rings. The van der Waals surface area contributed by atoms with Crippen molar-refractivity contribution in [1.82, 2.24) is 9.47 Å². The van der Waals surface area contributed by atoms with Crippen LogP contribution in [0.1, 0.15) is 37.7 Å². The van der Waals surface area contributed by atoms with Crippen molar-refractivity contribution in [3.63, 3.8) is 0 Å². The van der Waals surface area contributed by atoms with Crippen LogP contribution in [0.2, 0.25) is 0 Å². The lowest BCUT2D eigenvalue weighted by Crippen LogP contribution is -2.41. The van der Waals surface area contributed by atoms with Crippen molar-refractivity contribution in [2.75, 3.05) is 26.0 Å². The van der Waals surface area contributed by atoms with Crippen molar-refractivity contribution in [2.24, 2.45) is 0 Å². The second-order valence-corrected chi connectivity index (χ2v) is 4.69. The van der Waals surface area contributed by atoms with Crippen LogP contribution in [0, 0.1) is 0 Å². The Morgan fingerprint density at radius 1 is 1.53 bits per heavy atom. The van der Waals surface area contributed by atoms with E-state index in [0.29, 0.717) is 24.5 Å². The molecule has 0 spiro atoms. The normalized spacial score (nSPS) is 12.4. The zero-order valence-corrected chi connectivity index (χ0v) is 12.3. The summed E-state index contributed by atoms with van der Waals surface area (Å²) in [5.41, 5.74) is 7.06. The maximum Gasteiger partial charge on any atom is 0.270 e. The third-order valence-electron chi connectivity index (χ3n) is 3.40. The summed E-state index contributed by atoms with van der Waals surface area (Å²) in [5, 5.41) is 0. The second-order valence-electron chi connectivity index (χ2n) is 4.69. The highest BCUT2D eigenvalue weighted by Crippen LogP contribution is 2.15. The minimum Gasteiger partial charge on any atom is -0.397 e. The highest BCUT2D eigenvalue weighted by molar-refractivity contribution is 5.94. The molecule has 2 N–H and O–H groups in total. The average Bonchev–Trinajstić information content (AvgIpc) is 2.79. The minimum atomic E-state index is 0.0185. The summed E-state index contributed by atoms with van der Waals surface area (Å²) in [5.74, 6) is 0.0185. The number of methoxy groups -OCH3 is 1. The summed E-state index contributed by atoms with van der Waals surface area (Å²) >= 11 is 0. The van der Waals surface area contributed by atoms with E-state index in [-0.39, 0.29) is 11.9 Å². The van der Waals surface area contributed by atoms with E-state index in [1.165, 1.54) is 0 Å². The summed E-state index contributed by atoms with van der Waals surface area (Å²) in [6.07, 6.45) is 2.72. The molecule has 1 amide bonds. The number of hydrogen-bond donors (Lipinski definition) is 1. The molecule has 0 bridgehead atoms. The molecule has 0 saturated heterocycles. The molecule has 0 aromatic carbocycles. The fourth-order valence-corrected chi connectivity index (χ4v) is 2.05. The van der Waals surface area contributed by atoms with Crippen molar-refractivity contribution < 1.29 is 9.53 Å². The molecule has 1 rings (SSSR count). The molecule has 0 fully saturated rings. The number of carbonyl (C=O) groups is 1. The second kappa shape index (κ2) is 7.19. The van der Waals surface area contributed by atoms with Crippen LogP contribution in [0.4, 0.5) is 5.69 Å². The van der Waals surface area contributed by atoms with E-state index >= 15 is 0 Å². The van der Waals surface area contributed by atoms with Crippen LogP contribution >= 0.6 is 0 Å². The summed E-state index contributed by atoms with van der Waals surface area (Å²) in [6, 6.07) is 1.93. The standard InChI is InChI=1S/C14H25N3O2/c1-5-11(3)17(7-8-19-4)14(18)13-9-12(15)10-16(13)6-2/h9-11H,5-8,15H2,1-4H3. The first-order chi connectivity index (χ1) is 9.04. The summed E-state index contributed by atoms with van der Waals surface area (Å²) < 4.78 is 6.98. The molecular weight excluding hydrogens is 242 g/mol. The van der Waals surface area contributed by atoms with Gasteiger partial charge in [-0.3, -0.25) is 4.79 Å². The van der Waals surface area contributed by atoms with Crippen molar-refractivity contribution in [2.45, 2.75) is 39.8 Å². The molecule has 5 nitrogen and oxygen atoms in total. The van der Waals surface area contributed by atoms with Gasteiger partial charge in [0, 0.05) is 32.4 Å². The van der Waals surface area contributed by atoms with Gasteiger partial charge in [-0.05, 0) is 26.3 Å². The fourth-order valence-electron chi connectivity index (χ4n) is 2.05. The Balaban J connectivity index is 2.97. The van der Waals surface area contributed by atoms with Gasteiger partial charge in [-0.15, -0.1) is 0 Å². The highest BCUT2D eigenvalue weighted by atomic mass is 16.5. The summed E-state index contributed by atoms with van der Waals surface area (Å²) in [7, 11) is 1.64. The van der Waals surface area contributed by atoms with Crippen LogP contribution in [-0.4, -0.2) is 41.7 Å². The van der Waals surface area contributed by atoms with E-state index in [4.69, 9.17) is 10.5 Å². The van der Waals surface area contributed by atoms with Gasteiger partial charge in [-0.25, -0.2) is 0 Å². The number of aromatic nitrogens is 1. The van der Waals surface area contributed by atoms with E-state index in [9.17, 15) is 4.79 Å². The van der Waals surface area contributed by atoms with Crippen LogP contribution in [0.3, 0.4) is 0 Å². The molecule has 19 heavy (non-hydrogen) atoms. The molecule has 0 aliphatic heterocycles. The molecule has 1 atom stereocenters. The monoisotopic (exact) mass is 267 g/mol. The topological polar surface area (TPSA) is 60.5 Å². The number of nitrogen functional groups attached to an aromatic ring is 1. The Hall–Kier alpha value is -1.49. The molecular formula is C14H25N3O2. The number of rotatable bonds is 7. The Morgan fingerprint density at radius 3 is 2.74 bits per heavy atom. The third-order valence-corrected chi connectivity index (χ3v) is 3.40. The van der Waals surface area contributed by atoms with E-state index in [1.807, 2.05) is 16.4 Å². The van der Waals surface area contributed by atoms with Crippen LogP contribution in [-0.2, 0) is 11.3 Å². The van der Waals surface area contributed by atoms with E-state index in [1.54, 1.807) is 19.4 Å². The number of nitrogens with zero attached hydrogens (tertiary/aromatic N) is 2. The molecule has 0 aliphatic carbocycles. The molecule has 1 aromatic rings. The average molecular weight is 267 g/mol. The van der Waals surface area contributed by atoms with Crippen LogP contribution in [0.25, 0.3) is 0 Å². The van der Waals surface area contributed by atoms with E-state index < -0.39 is 0 Å². The first-order valence-corrected chi connectivity index (χ1v) is 6.80. The lowest BCUT2D eigenvalue weighted by molar-refractivity contribution is 0.0603. The lowest BCUT2D eigenvalue weighted by Gasteiger charge is -2.28. The Labute approximate surface area is 115 Å². The molecule has 0 saturated carbocycles. The maximum absolute atomic E-state index is 12.6. The molecule has 5 heteroatoms. The predicted octanol–water partition coefficient (Wildman–Crippen LogP) is 1.98. The summed E-state index contributed by atoms with van der Waals surface area (Å²) in [4.78, 5) is 14.5. The van der Waals surface area contributed by atoms with Gasteiger partial charge in [-0.1, -0.05) is 6.92 Å². The third kappa shape index (κ3) is 3.73. The number of ether oxygens (including phenoxy) is 1. The quantitative estimate of drug-likeness (QED) is 0.821. The van der Waals surface area contributed by atoms with Crippen LogP contribution in [0.5, 0.6) is 0 Å². The predicted molar refractivity (Wildman–Crippen MR) is 77.2 cm³/mol. The number of carbonyl (C=O) groups excluding carboxylic acids is 1. The fraction of sp³-hybridized carbons (Fsp3) is 0.643. The van der Waals surface area contributed by atoms with Crippen LogP contribution in [0.15, 0.2) is 12.3 Å². The molecule has 1 aromatic heterocycles. The van der Waals surface area contributed by atoms with Crippen molar-refractivity contribution >= 4 is 11.6 Å². The Morgan fingerprint density at radius 2 is 2.21 bits per heavy atom. The molecule has 1 unspecified atom stereocenters. The first kappa shape index (κ1) is 15.6. The number of anilines is 1. The van der Waals surface area contributed by atoms with Crippen LogP contribution < -0.4 is 5.73 Å². The maximum atomic E-state index is 12.6. The van der Waals surface area contributed by atoms with Gasteiger partial charge >= 0.3 is 0 Å². The number of aryl methyl sites for hydroxylation is 1. The first-order valence-electron chi connectivity index (χ1n) is 6.80. The smallest absolute Gasteiger partial charge is 0.270 e. The van der Waals surface area contributed by atoms with Gasteiger partial charge in [0.05, 0.1) is 12.3 Å². The van der Waals surface area contributed by atoms with Crippen molar-refractivity contribution in [3.8, 4) is 0 Å². The van der Waals surface area contributed by atoms with Gasteiger partial charge in [0.1, 0.15) is 5.69 Å². The summed E-state index contributed by atoms with van der Waals surface area (Å²) in [6.45, 7) is 7.99. The number of amides is 1. The van der Waals surface area contributed by atoms with Gasteiger partial charge in [-0.2, -0.15) is 0 Å². The highest BCUT2D eigenvalue weighted by Gasteiger charge is 2.23. The molecule has 1 heterocycles. The SMILES string of the molecule is CCC(C)N(CCOC)C(=O)c1cc(N)cn1CC. The van der Waals surface area contributed by atoms with E-state index in [0.717, 1.165) is 13.0 Å². The molecule has 0 radical (unpaired) electrons. The lowest BCUT2D eigenvalue weighted by atomic mass is 10.2. The van der Waals surface area contributed by atoms with Crippen molar-refractivity contribution in [3.05, 3.63) is 18.0 Å². The number of hydrogen-bond acceptors (Lipinski definition) is 3. The van der Waals surface area contributed by atoms with Gasteiger partial charge in [0.25, 0.3) is 5.91 Å². The zero-order chi connectivity index (χ0) is 14.4. The Bertz CT molecular complexity index is 415. The Kier molecular flexibility index (Phi) is 5.89. The number of nitrogens with two attached hydrogens (primary N) is 1. The minimum absolute atomic E-state index is 0.0185. The largest absolute Gasteiger partial charge is 0.397 e. The molecule has 108 valence electrons.